The molecule has 0 atom stereocenters. The highest BCUT2D eigenvalue weighted by atomic mass is 35.5. The Kier molecular flexibility index (Phi) is 6.75. The molecule has 4 heterocycles. The Morgan fingerprint density at radius 2 is 1.92 bits per heavy atom. The number of rotatable bonds is 5. The molecule has 5 rings (SSSR count). The summed E-state index contributed by atoms with van der Waals surface area (Å²) >= 11 is 6.05. The van der Waals surface area contributed by atoms with Crippen LogP contribution in [0.2, 0.25) is 5.02 Å². The average Bonchev–Trinajstić information content (AvgIpc) is 3.28. The van der Waals surface area contributed by atoms with E-state index >= 15 is 0 Å². The number of carbonyl (C=O) groups excluding carboxylic acids is 1. The van der Waals surface area contributed by atoms with Crippen LogP contribution in [0, 0.1) is 0 Å². The number of ether oxygens (including phenoxy) is 1. The summed E-state index contributed by atoms with van der Waals surface area (Å²) < 4.78 is 33.2. The summed E-state index contributed by atoms with van der Waals surface area (Å²) in [6, 6.07) is 4.84. The second kappa shape index (κ2) is 9.97. The molecule has 36 heavy (non-hydrogen) atoms. The lowest BCUT2D eigenvalue weighted by Crippen LogP contribution is -2.51. The Bertz CT molecular complexity index is 1460. The molecule has 2 aliphatic heterocycles. The van der Waals surface area contributed by atoms with Crippen LogP contribution in [-0.2, 0) is 16.6 Å². The fraction of sp³-hybridized carbons (Fsp3) is 0.304. The van der Waals surface area contributed by atoms with E-state index in [4.69, 9.17) is 16.3 Å². The Labute approximate surface area is 212 Å². The van der Waals surface area contributed by atoms with Gasteiger partial charge in [0.2, 0.25) is 0 Å². The zero-order chi connectivity index (χ0) is 25.3. The Morgan fingerprint density at radius 3 is 2.58 bits per heavy atom. The van der Waals surface area contributed by atoms with Crippen LogP contribution in [0.4, 0.5) is 4.79 Å². The van der Waals surface area contributed by atoms with Crippen molar-refractivity contribution in [3.05, 3.63) is 52.8 Å². The van der Waals surface area contributed by atoms with Crippen molar-refractivity contribution >= 4 is 50.4 Å². The molecule has 1 saturated heterocycles. The van der Waals surface area contributed by atoms with E-state index < -0.39 is 22.7 Å². The summed E-state index contributed by atoms with van der Waals surface area (Å²) in [5, 5.41) is 10.8. The van der Waals surface area contributed by atoms with Crippen LogP contribution in [-0.4, -0.2) is 82.7 Å². The number of aliphatic hydroxyl groups is 1. The molecule has 0 bridgehead atoms. The Hall–Kier alpha value is -3.32. The third-order valence-corrected chi connectivity index (χ3v) is 8.30. The quantitative estimate of drug-likeness (QED) is 0.516. The van der Waals surface area contributed by atoms with E-state index in [1.165, 1.54) is 9.21 Å². The maximum Gasteiger partial charge on any atom is 0.417 e. The van der Waals surface area contributed by atoms with E-state index in [1.54, 1.807) is 36.8 Å². The number of sulfonamides is 1. The topological polar surface area (TPSA) is 141 Å². The lowest BCUT2D eigenvalue weighted by atomic mass is 10.1. The number of halogens is 1. The van der Waals surface area contributed by atoms with E-state index in [1.807, 2.05) is 6.08 Å². The van der Waals surface area contributed by atoms with Gasteiger partial charge in [-0.2, -0.15) is 4.31 Å². The van der Waals surface area contributed by atoms with Gasteiger partial charge in [-0.05, 0) is 36.3 Å². The molecule has 1 amide bonds. The molecular weight excluding hydrogens is 508 g/mol. The van der Waals surface area contributed by atoms with Gasteiger partial charge in [0.05, 0.1) is 6.61 Å². The first-order chi connectivity index (χ1) is 17.4. The first kappa shape index (κ1) is 24.4. The maximum absolute atomic E-state index is 13.3. The number of dihydropyridines is 1. The van der Waals surface area contributed by atoms with Gasteiger partial charge in [0, 0.05) is 78.4 Å². The lowest BCUT2D eigenvalue weighted by Gasteiger charge is -2.32. The average molecular weight is 531 g/mol. The molecule has 0 saturated carbocycles. The molecule has 188 valence electrons. The van der Waals surface area contributed by atoms with Crippen LogP contribution in [0.3, 0.4) is 0 Å². The number of aromatic nitrogens is 3. The molecule has 1 fully saturated rings. The van der Waals surface area contributed by atoms with E-state index in [0.717, 1.165) is 17.6 Å². The number of fused-ring (bicyclic) bond motifs is 1. The smallest absolute Gasteiger partial charge is 0.392 e. The Morgan fingerprint density at radius 1 is 1.17 bits per heavy atom. The molecule has 2 N–H and O–H groups in total. The van der Waals surface area contributed by atoms with Gasteiger partial charge >= 0.3 is 12.1 Å². The number of aromatic amines is 1. The highest BCUT2D eigenvalue weighted by Gasteiger charge is 2.34. The van der Waals surface area contributed by atoms with Crippen molar-refractivity contribution in [3.63, 3.8) is 0 Å². The van der Waals surface area contributed by atoms with Crippen LogP contribution in [0.5, 0.6) is 6.01 Å². The molecule has 2 aliphatic rings. The van der Waals surface area contributed by atoms with Gasteiger partial charge in [-0.3, -0.25) is 4.99 Å². The summed E-state index contributed by atoms with van der Waals surface area (Å²) in [5.41, 5.74) is 2.71. The number of aliphatic hydroxyl groups excluding tert-OH is 1. The minimum absolute atomic E-state index is 0.0634. The standard InChI is InChI=1S/C23H23ClN6O5S/c24-17-1-2-20-18(11-17)19(14-31)21(28-20)36(33,34)30-9-7-29(8-10-30)23(32)35-22-26-12-16(13-27-22)15-3-5-25-6-4-15/h1-3,5,11-13,28,31H,4,6-10,14H2. The van der Waals surface area contributed by atoms with E-state index in [0.29, 0.717) is 22.5 Å². The second-order valence-electron chi connectivity index (χ2n) is 8.29. The highest BCUT2D eigenvalue weighted by Crippen LogP contribution is 2.30. The van der Waals surface area contributed by atoms with Crippen molar-refractivity contribution in [1.82, 2.24) is 24.2 Å². The van der Waals surface area contributed by atoms with Crippen LogP contribution in [0.15, 0.2) is 46.7 Å². The minimum atomic E-state index is -3.95. The molecule has 0 aliphatic carbocycles. The van der Waals surface area contributed by atoms with Gasteiger partial charge < -0.3 is 19.7 Å². The summed E-state index contributed by atoms with van der Waals surface area (Å²) in [5.74, 6) is 0. The van der Waals surface area contributed by atoms with Crippen molar-refractivity contribution in [2.24, 2.45) is 4.99 Å². The van der Waals surface area contributed by atoms with Gasteiger partial charge in [-0.1, -0.05) is 11.6 Å². The molecule has 0 spiro atoms. The van der Waals surface area contributed by atoms with E-state index in [-0.39, 0.29) is 42.8 Å². The van der Waals surface area contributed by atoms with Crippen molar-refractivity contribution < 1.29 is 23.1 Å². The van der Waals surface area contributed by atoms with Crippen LogP contribution in [0.25, 0.3) is 16.5 Å². The molecule has 2 aromatic heterocycles. The van der Waals surface area contributed by atoms with Gasteiger partial charge in [-0.15, -0.1) is 0 Å². The predicted molar refractivity (Wildman–Crippen MR) is 134 cm³/mol. The van der Waals surface area contributed by atoms with E-state index in [9.17, 15) is 18.3 Å². The lowest BCUT2D eigenvalue weighted by molar-refractivity contribution is 0.129. The van der Waals surface area contributed by atoms with Crippen molar-refractivity contribution in [2.75, 3.05) is 32.7 Å². The first-order valence-electron chi connectivity index (χ1n) is 11.3. The van der Waals surface area contributed by atoms with E-state index in [2.05, 4.69) is 19.9 Å². The number of nitrogens with one attached hydrogen (secondary N) is 1. The van der Waals surface area contributed by atoms with Gasteiger partial charge in [-0.25, -0.2) is 23.2 Å². The number of aliphatic imine (C=N–C) groups is 1. The summed E-state index contributed by atoms with van der Waals surface area (Å²) in [6.07, 6.45) is 6.97. The number of nitrogens with zero attached hydrogens (tertiary/aromatic N) is 5. The number of H-pyrrole nitrogens is 1. The monoisotopic (exact) mass is 530 g/mol. The van der Waals surface area contributed by atoms with Gasteiger partial charge in [0.25, 0.3) is 10.0 Å². The summed E-state index contributed by atoms with van der Waals surface area (Å²) in [7, 11) is -3.95. The highest BCUT2D eigenvalue weighted by molar-refractivity contribution is 7.89. The van der Waals surface area contributed by atoms with Crippen LogP contribution in [0.1, 0.15) is 17.5 Å². The normalized spacial score (nSPS) is 16.8. The molecule has 0 radical (unpaired) electrons. The predicted octanol–water partition coefficient (Wildman–Crippen LogP) is 2.47. The third-order valence-electron chi connectivity index (χ3n) is 6.15. The number of carbonyl (C=O) groups is 1. The minimum Gasteiger partial charge on any atom is -0.392 e. The number of piperazine rings is 1. The largest absolute Gasteiger partial charge is 0.417 e. The maximum atomic E-state index is 13.3. The summed E-state index contributed by atoms with van der Waals surface area (Å²) in [4.78, 5) is 29.3. The van der Waals surface area contributed by atoms with Crippen LogP contribution < -0.4 is 4.74 Å². The Balaban J connectivity index is 1.24. The molecule has 0 unspecified atom stereocenters. The fourth-order valence-corrected chi connectivity index (χ4v) is 6.02. The SMILES string of the molecule is O=C(Oc1ncc(C2=CC=NCC2)cn1)N1CCN(S(=O)(=O)c2[nH]c3ccc(Cl)cc3c2CO)CC1. The third kappa shape index (κ3) is 4.72. The zero-order valence-electron chi connectivity index (χ0n) is 19.1. The summed E-state index contributed by atoms with van der Waals surface area (Å²) in [6.45, 7) is 0.624. The van der Waals surface area contributed by atoms with Crippen LogP contribution >= 0.6 is 11.6 Å². The number of benzene rings is 1. The van der Waals surface area contributed by atoms with Gasteiger partial charge in [0.1, 0.15) is 0 Å². The fourth-order valence-electron chi connectivity index (χ4n) is 4.22. The molecule has 3 aromatic rings. The first-order valence-corrected chi connectivity index (χ1v) is 13.1. The molecule has 11 nitrogen and oxygen atoms in total. The van der Waals surface area contributed by atoms with Crippen molar-refractivity contribution in [1.29, 1.82) is 0 Å². The number of hydrogen-bond acceptors (Lipinski definition) is 8. The number of allylic oxidation sites excluding steroid dienone is 1. The zero-order valence-corrected chi connectivity index (χ0v) is 20.7. The number of hydrogen-bond donors (Lipinski definition) is 2. The molecule has 1 aromatic carbocycles. The molecule has 13 heteroatoms. The van der Waals surface area contributed by atoms with Gasteiger partial charge in [0.15, 0.2) is 5.03 Å². The second-order valence-corrected chi connectivity index (χ2v) is 10.6. The van der Waals surface area contributed by atoms with Crippen molar-refractivity contribution in [2.45, 2.75) is 18.1 Å². The van der Waals surface area contributed by atoms with Crippen molar-refractivity contribution in [3.8, 4) is 6.01 Å². The molecular formula is C23H23ClN6O5S. The number of amides is 1.